The highest BCUT2D eigenvalue weighted by atomic mass is 16.7. The molecule has 1 fully saturated rings. The minimum absolute atomic E-state index is 0.186. The zero-order valence-corrected chi connectivity index (χ0v) is 7.05. The van der Waals surface area contributed by atoms with Crippen LogP contribution in [0.4, 0.5) is 0 Å². The van der Waals surface area contributed by atoms with Crippen molar-refractivity contribution >= 4 is 5.97 Å². The Morgan fingerprint density at radius 3 is 2.91 bits per heavy atom. The SMILES string of the molecule is CCC(=O)OC1(C)CCCO1. The smallest absolute Gasteiger partial charge is 0.307 e. The van der Waals surface area contributed by atoms with E-state index in [9.17, 15) is 4.79 Å². The molecule has 3 nitrogen and oxygen atoms in total. The van der Waals surface area contributed by atoms with Gasteiger partial charge in [-0.15, -0.1) is 0 Å². The molecule has 1 aliphatic rings. The average Bonchev–Trinajstić information content (AvgIpc) is 2.36. The maximum Gasteiger partial charge on any atom is 0.307 e. The Morgan fingerprint density at radius 1 is 1.73 bits per heavy atom. The Hall–Kier alpha value is -0.570. The van der Waals surface area contributed by atoms with E-state index in [4.69, 9.17) is 9.47 Å². The van der Waals surface area contributed by atoms with E-state index in [1.165, 1.54) is 0 Å². The van der Waals surface area contributed by atoms with Gasteiger partial charge in [-0.25, -0.2) is 0 Å². The number of carbonyl (C=O) groups is 1. The Balaban J connectivity index is 2.39. The van der Waals surface area contributed by atoms with Crippen molar-refractivity contribution in [3.63, 3.8) is 0 Å². The van der Waals surface area contributed by atoms with Gasteiger partial charge in [0.1, 0.15) is 0 Å². The van der Waals surface area contributed by atoms with Crippen molar-refractivity contribution in [1.29, 1.82) is 0 Å². The fourth-order valence-electron chi connectivity index (χ4n) is 1.15. The lowest BCUT2D eigenvalue weighted by Crippen LogP contribution is -2.30. The highest BCUT2D eigenvalue weighted by Crippen LogP contribution is 2.26. The molecule has 0 saturated carbocycles. The topological polar surface area (TPSA) is 35.5 Å². The molecule has 1 aliphatic heterocycles. The highest BCUT2D eigenvalue weighted by Gasteiger charge is 2.33. The first-order valence-corrected chi connectivity index (χ1v) is 4.02. The molecular formula is C8H14O3. The fraction of sp³-hybridized carbons (Fsp3) is 0.875. The predicted molar refractivity (Wildman–Crippen MR) is 40.0 cm³/mol. The monoisotopic (exact) mass is 158 g/mol. The molecule has 0 radical (unpaired) electrons. The van der Waals surface area contributed by atoms with Crippen LogP contribution in [0.1, 0.15) is 33.1 Å². The molecule has 1 saturated heterocycles. The van der Waals surface area contributed by atoms with Gasteiger partial charge in [0.2, 0.25) is 5.79 Å². The largest absolute Gasteiger partial charge is 0.433 e. The minimum Gasteiger partial charge on any atom is -0.433 e. The number of carbonyl (C=O) groups excluding carboxylic acids is 1. The van der Waals surface area contributed by atoms with Crippen molar-refractivity contribution in [3.05, 3.63) is 0 Å². The number of hydrogen-bond donors (Lipinski definition) is 0. The molecule has 0 aliphatic carbocycles. The second kappa shape index (κ2) is 3.22. The Labute approximate surface area is 66.7 Å². The Morgan fingerprint density at radius 2 is 2.45 bits per heavy atom. The van der Waals surface area contributed by atoms with Crippen LogP contribution in [-0.4, -0.2) is 18.4 Å². The van der Waals surface area contributed by atoms with Gasteiger partial charge in [0.25, 0.3) is 0 Å². The molecule has 0 aromatic rings. The van der Waals surface area contributed by atoms with E-state index >= 15 is 0 Å². The molecule has 64 valence electrons. The van der Waals surface area contributed by atoms with Crippen LogP contribution >= 0.6 is 0 Å². The van der Waals surface area contributed by atoms with Crippen molar-refractivity contribution in [1.82, 2.24) is 0 Å². The first kappa shape index (κ1) is 8.53. The van der Waals surface area contributed by atoms with Crippen LogP contribution in [0.5, 0.6) is 0 Å². The third-order valence-electron chi connectivity index (χ3n) is 1.80. The van der Waals surface area contributed by atoms with Crippen molar-refractivity contribution in [2.75, 3.05) is 6.61 Å². The lowest BCUT2D eigenvalue weighted by atomic mass is 10.2. The van der Waals surface area contributed by atoms with E-state index in [1.807, 2.05) is 6.92 Å². The Kier molecular flexibility index (Phi) is 2.49. The maximum absolute atomic E-state index is 10.9. The van der Waals surface area contributed by atoms with E-state index in [0.29, 0.717) is 13.0 Å². The molecule has 0 spiro atoms. The standard InChI is InChI=1S/C8H14O3/c1-3-7(9)11-8(2)5-4-6-10-8/h3-6H2,1-2H3. The molecule has 1 unspecified atom stereocenters. The van der Waals surface area contributed by atoms with Gasteiger partial charge in [-0.1, -0.05) is 6.92 Å². The summed E-state index contributed by atoms with van der Waals surface area (Å²) in [5.74, 6) is -0.818. The van der Waals surface area contributed by atoms with E-state index in [2.05, 4.69) is 0 Å². The van der Waals surface area contributed by atoms with Crippen LogP contribution in [0.3, 0.4) is 0 Å². The number of esters is 1. The molecule has 3 heteroatoms. The van der Waals surface area contributed by atoms with Gasteiger partial charge in [0, 0.05) is 19.8 Å². The highest BCUT2D eigenvalue weighted by molar-refractivity contribution is 5.69. The zero-order chi connectivity index (χ0) is 8.32. The average molecular weight is 158 g/mol. The number of hydrogen-bond acceptors (Lipinski definition) is 3. The van der Waals surface area contributed by atoms with Crippen LogP contribution in [0.25, 0.3) is 0 Å². The molecule has 1 atom stereocenters. The molecule has 11 heavy (non-hydrogen) atoms. The number of rotatable bonds is 2. The molecule has 0 amide bonds. The Bertz CT molecular complexity index is 147. The van der Waals surface area contributed by atoms with Crippen LogP contribution < -0.4 is 0 Å². The van der Waals surface area contributed by atoms with Gasteiger partial charge in [-0.05, 0) is 6.42 Å². The van der Waals surface area contributed by atoms with Gasteiger partial charge >= 0.3 is 5.97 Å². The lowest BCUT2D eigenvalue weighted by Gasteiger charge is -2.22. The van der Waals surface area contributed by atoms with Crippen molar-refractivity contribution < 1.29 is 14.3 Å². The predicted octanol–water partition coefficient (Wildman–Crippen LogP) is 1.47. The third kappa shape index (κ3) is 2.19. The molecule has 1 rings (SSSR count). The summed E-state index contributed by atoms with van der Waals surface area (Å²) in [7, 11) is 0. The summed E-state index contributed by atoms with van der Waals surface area (Å²) in [6.07, 6.45) is 2.21. The molecule has 1 heterocycles. The lowest BCUT2D eigenvalue weighted by molar-refractivity contribution is -0.205. The van der Waals surface area contributed by atoms with Crippen molar-refractivity contribution in [2.24, 2.45) is 0 Å². The second-order valence-corrected chi connectivity index (χ2v) is 2.91. The molecule has 0 aromatic heterocycles. The second-order valence-electron chi connectivity index (χ2n) is 2.91. The molecule has 0 N–H and O–H groups in total. The molecular weight excluding hydrogens is 144 g/mol. The van der Waals surface area contributed by atoms with E-state index in [0.717, 1.165) is 12.8 Å². The van der Waals surface area contributed by atoms with Gasteiger partial charge in [0.15, 0.2) is 0 Å². The maximum atomic E-state index is 10.9. The summed E-state index contributed by atoms with van der Waals surface area (Å²) < 4.78 is 10.4. The first-order valence-electron chi connectivity index (χ1n) is 4.02. The summed E-state index contributed by atoms with van der Waals surface area (Å²) in [5.41, 5.74) is 0. The van der Waals surface area contributed by atoms with Crippen LogP contribution in [-0.2, 0) is 14.3 Å². The normalized spacial score (nSPS) is 30.4. The minimum atomic E-state index is -0.632. The van der Waals surface area contributed by atoms with Gasteiger partial charge in [0.05, 0.1) is 6.61 Å². The molecule has 0 bridgehead atoms. The van der Waals surface area contributed by atoms with E-state index in [-0.39, 0.29) is 5.97 Å². The van der Waals surface area contributed by atoms with Crippen molar-refractivity contribution in [2.45, 2.75) is 38.9 Å². The van der Waals surface area contributed by atoms with Crippen LogP contribution in [0.2, 0.25) is 0 Å². The summed E-state index contributed by atoms with van der Waals surface area (Å²) in [5, 5.41) is 0. The van der Waals surface area contributed by atoms with Gasteiger partial charge < -0.3 is 9.47 Å². The quantitative estimate of drug-likeness (QED) is 0.571. The number of ether oxygens (including phenoxy) is 2. The first-order chi connectivity index (χ1) is 5.16. The van der Waals surface area contributed by atoms with Crippen LogP contribution in [0, 0.1) is 0 Å². The van der Waals surface area contributed by atoms with Gasteiger partial charge in [-0.2, -0.15) is 0 Å². The summed E-state index contributed by atoms with van der Waals surface area (Å²) in [6, 6.07) is 0. The van der Waals surface area contributed by atoms with Crippen molar-refractivity contribution in [3.8, 4) is 0 Å². The zero-order valence-electron chi connectivity index (χ0n) is 7.05. The summed E-state index contributed by atoms with van der Waals surface area (Å²) in [4.78, 5) is 10.9. The summed E-state index contributed by atoms with van der Waals surface area (Å²) >= 11 is 0. The van der Waals surface area contributed by atoms with E-state index in [1.54, 1.807) is 6.92 Å². The van der Waals surface area contributed by atoms with E-state index < -0.39 is 5.79 Å². The summed E-state index contributed by atoms with van der Waals surface area (Å²) in [6.45, 7) is 4.29. The fourth-order valence-corrected chi connectivity index (χ4v) is 1.15. The van der Waals surface area contributed by atoms with Crippen LogP contribution in [0.15, 0.2) is 0 Å². The molecule has 0 aromatic carbocycles. The third-order valence-corrected chi connectivity index (χ3v) is 1.80. The van der Waals surface area contributed by atoms with Gasteiger partial charge in [-0.3, -0.25) is 4.79 Å².